The van der Waals surface area contributed by atoms with E-state index >= 15 is 0 Å². The quantitative estimate of drug-likeness (QED) is 0.670. The fourth-order valence-electron chi connectivity index (χ4n) is 0.662. The van der Waals surface area contributed by atoms with Crippen LogP contribution in [0.5, 0.6) is 0 Å². The van der Waals surface area contributed by atoms with Crippen molar-refractivity contribution in [2.75, 3.05) is 0 Å². The van der Waals surface area contributed by atoms with Gasteiger partial charge in [0.25, 0.3) is 0 Å². The number of rotatable bonds is 0. The molecule has 1 aromatic heterocycles. The van der Waals surface area contributed by atoms with Gasteiger partial charge in [-0.2, -0.15) is 5.10 Å². The predicted octanol–water partition coefficient (Wildman–Crippen LogP) is 2.20. The summed E-state index contributed by atoms with van der Waals surface area (Å²) >= 11 is 5.76. The van der Waals surface area contributed by atoms with E-state index in [1.165, 1.54) is 0 Å². The third-order valence-corrected chi connectivity index (χ3v) is 1.68. The molecule has 1 aromatic rings. The average Bonchev–Trinajstić information content (AvgIpc) is 2.07. The van der Waals surface area contributed by atoms with Gasteiger partial charge in [0.2, 0.25) is 0 Å². The highest BCUT2D eigenvalue weighted by Gasteiger charge is 1.89. The Hall–Kier alpha value is -1.09. The van der Waals surface area contributed by atoms with Crippen molar-refractivity contribution in [2.45, 2.75) is 13.8 Å². The van der Waals surface area contributed by atoms with Crippen molar-refractivity contribution in [2.24, 2.45) is 0 Å². The summed E-state index contributed by atoms with van der Waals surface area (Å²) in [6, 6.07) is 1.65. The lowest BCUT2D eigenvalue weighted by atomic mass is 10.3. The molecule has 1 N–H and O–H groups in total. The number of hydrogen-bond donors (Lipinski definition) is 1. The van der Waals surface area contributed by atoms with Crippen LogP contribution < -0.4 is 0 Å². The van der Waals surface area contributed by atoms with Crippen molar-refractivity contribution < 1.29 is 0 Å². The Labute approximate surface area is 76.1 Å². The molecule has 0 fully saturated rings. The third-order valence-electron chi connectivity index (χ3n) is 1.47. The number of nitrogens with zero attached hydrogens (tertiary/aromatic N) is 2. The zero-order valence-corrected chi connectivity index (χ0v) is 7.76. The molecule has 0 amide bonds. The Bertz CT molecular complexity index is 318. The molecule has 3 nitrogen and oxygen atoms in total. The molecule has 0 radical (unpaired) electrons. The second-order valence-electron chi connectivity index (χ2n) is 2.42. The molecular formula is C8H10ClN3. The maximum Gasteiger partial charge on any atom is 0.130 e. The van der Waals surface area contributed by atoms with Crippen LogP contribution >= 0.6 is 11.6 Å². The summed E-state index contributed by atoms with van der Waals surface area (Å²) in [5.74, 6) is 0. The second-order valence-corrected chi connectivity index (χ2v) is 2.81. The van der Waals surface area contributed by atoms with E-state index in [0.29, 0.717) is 5.15 Å². The van der Waals surface area contributed by atoms with E-state index < -0.39 is 0 Å². The molecule has 0 bridgehead atoms. The lowest BCUT2D eigenvalue weighted by Crippen LogP contribution is -1.81. The monoisotopic (exact) mass is 183 g/mol. The van der Waals surface area contributed by atoms with Gasteiger partial charge in [-0.05, 0) is 25.5 Å². The summed E-state index contributed by atoms with van der Waals surface area (Å²) in [7, 11) is 0. The van der Waals surface area contributed by atoms with Crippen molar-refractivity contribution in [3.05, 3.63) is 34.9 Å². The molecule has 64 valence electrons. The largest absolute Gasteiger partial charge is 0.286 e. The first-order valence-corrected chi connectivity index (χ1v) is 3.95. The summed E-state index contributed by atoms with van der Waals surface area (Å²) in [5.41, 5.74) is 1.86. The minimum Gasteiger partial charge on any atom is -0.286 e. The zero-order chi connectivity index (χ0) is 8.97. The molecule has 1 heterocycles. The van der Waals surface area contributed by atoms with E-state index in [1.807, 2.05) is 13.8 Å². The van der Waals surface area contributed by atoms with E-state index in [4.69, 9.17) is 11.6 Å². The van der Waals surface area contributed by atoms with Crippen LogP contribution in [-0.2, 0) is 0 Å². The van der Waals surface area contributed by atoms with E-state index in [0.717, 1.165) is 11.3 Å². The second kappa shape index (κ2) is 4.07. The molecule has 0 unspecified atom stereocenters. The first kappa shape index (κ1) is 9.00. The van der Waals surface area contributed by atoms with Gasteiger partial charge in [0.1, 0.15) is 5.15 Å². The van der Waals surface area contributed by atoms with Crippen LogP contribution in [0.4, 0.5) is 0 Å². The van der Waals surface area contributed by atoms with Crippen molar-refractivity contribution >= 4 is 11.6 Å². The summed E-state index contributed by atoms with van der Waals surface area (Å²) in [6.07, 6.45) is 3.34. The molecule has 1 rings (SSSR count). The van der Waals surface area contributed by atoms with Crippen LogP contribution in [0, 0.1) is 13.8 Å². The van der Waals surface area contributed by atoms with Crippen LogP contribution in [0.1, 0.15) is 11.3 Å². The summed E-state index contributed by atoms with van der Waals surface area (Å²) < 4.78 is 0. The van der Waals surface area contributed by atoms with Crippen molar-refractivity contribution in [3.63, 3.8) is 0 Å². The van der Waals surface area contributed by atoms with Crippen LogP contribution in [-0.4, -0.2) is 15.2 Å². The molecule has 12 heavy (non-hydrogen) atoms. The number of halogens is 1. The summed E-state index contributed by atoms with van der Waals surface area (Å²) in [5, 5.41) is 7.05. The minimum absolute atomic E-state index is 0.449. The first-order valence-electron chi connectivity index (χ1n) is 3.57. The number of aromatic nitrogens is 3. The number of aromatic amines is 1. The zero-order valence-electron chi connectivity index (χ0n) is 7.00. The minimum atomic E-state index is 0.449. The molecule has 0 aromatic carbocycles. The van der Waals surface area contributed by atoms with Gasteiger partial charge in [0.05, 0.1) is 6.20 Å². The van der Waals surface area contributed by atoms with Crippen molar-refractivity contribution in [3.8, 4) is 0 Å². The van der Waals surface area contributed by atoms with Gasteiger partial charge in [-0.1, -0.05) is 11.6 Å². The molecular weight excluding hydrogens is 174 g/mol. The van der Waals surface area contributed by atoms with Crippen molar-refractivity contribution in [1.82, 2.24) is 15.2 Å². The van der Waals surface area contributed by atoms with E-state index in [-0.39, 0.29) is 0 Å². The normalized spacial score (nSPS) is 9.25. The highest BCUT2D eigenvalue weighted by atomic mass is 35.5. The summed E-state index contributed by atoms with van der Waals surface area (Å²) in [6.45, 7) is 3.82. The standard InChI is InChI=1S/C8H10ClN3/c1-6-5-11-10-4-3-8(9)12-7(6)2/h3-5,10H,1-2H3. The van der Waals surface area contributed by atoms with Gasteiger partial charge >= 0.3 is 0 Å². The van der Waals surface area contributed by atoms with E-state index in [9.17, 15) is 0 Å². The maximum absolute atomic E-state index is 5.76. The highest BCUT2D eigenvalue weighted by Crippen LogP contribution is 2.02. The lowest BCUT2D eigenvalue weighted by molar-refractivity contribution is 1.03. The molecule has 0 atom stereocenters. The van der Waals surface area contributed by atoms with Gasteiger partial charge in [-0.3, -0.25) is 5.10 Å². The number of H-pyrrole nitrogens is 1. The Balaban J connectivity index is 3.38. The fraction of sp³-hybridized carbons (Fsp3) is 0.250. The lowest BCUT2D eigenvalue weighted by Gasteiger charge is -1.89. The predicted molar refractivity (Wildman–Crippen MR) is 48.5 cm³/mol. The topological polar surface area (TPSA) is 41.6 Å². The van der Waals surface area contributed by atoms with Gasteiger partial charge in [-0.25, -0.2) is 4.98 Å². The Morgan fingerprint density at radius 2 is 2.17 bits per heavy atom. The third kappa shape index (κ3) is 2.51. The molecule has 0 spiro atoms. The number of aryl methyl sites for hydroxylation is 2. The van der Waals surface area contributed by atoms with Crippen LogP contribution in [0.25, 0.3) is 0 Å². The molecule has 4 heteroatoms. The smallest absolute Gasteiger partial charge is 0.130 e. The van der Waals surface area contributed by atoms with E-state index in [2.05, 4.69) is 15.2 Å². The molecule has 0 aliphatic heterocycles. The van der Waals surface area contributed by atoms with Gasteiger partial charge in [0.15, 0.2) is 0 Å². The van der Waals surface area contributed by atoms with Gasteiger partial charge in [0, 0.05) is 11.9 Å². The van der Waals surface area contributed by atoms with E-state index in [1.54, 1.807) is 18.5 Å². The Kier molecular flexibility index (Phi) is 3.05. The first-order chi connectivity index (χ1) is 5.70. The SMILES string of the molecule is Cc1cn[nH]ccc(Cl)nc1C. The van der Waals surface area contributed by atoms with Crippen LogP contribution in [0.2, 0.25) is 5.15 Å². The van der Waals surface area contributed by atoms with Crippen LogP contribution in [0.3, 0.4) is 0 Å². The fourth-order valence-corrected chi connectivity index (χ4v) is 0.852. The highest BCUT2D eigenvalue weighted by molar-refractivity contribution is 6.29. The van der Waals surface area contributed by atoms with Gasteiger partial charge in [-0.15, -0.1) is 0 Å². The number of hydrogen-bond acceptors (Lipinski definition) is 2. The average molecular weight is 184 g/mol. The Morgan fingerprint density at radius 1 is 1.42 bits per heavy atom. The van der Waals surface area contributed by atoms with Crippen LogP contribution in [0.15, 0.2) is 18.5 Å². The van der Waals surface area contributed by atoms with Gasteiger partial charge < -0.3 is 0 Å². The summed E-state index contributed by atoms with van der Waals surface area (Å²) in [4.78, 5) is 4.12. The number of nitrogens with one attached hydrogen (secondary N) is 1. The molecule has 0 aliphatic carbocycles. The maximum atomic E-state index is 5.76. The Morgan fingerprint density at radius 3 is 2.92 bits per heavy atom. The molecule has 0 aliphatic rings. The molecule has 0 saturated carbocycles. The van der Waals surface area contributed by atoms with Crippen molar-refractivity contribution in [1.29, 1.82) is 0 Å². The molecule has 0 saturated heterocycles.